The number of nitrogens with zero attached hydrogens (tertiary/aromatic N) is 1. The Hall–Kier alpha value is -1.50. The van der Waals surface area contributed by atoms with Crippen LogP contribution in [-0.4, -0.2) is 54.8 Å². The number of halogens is 1. The molecule has 5 nitrogen and oxygen atoms in total. The summed E-state index contributed by atoms with van der Waals surface area (Å²) in [4.78, 5) is 14.9. The predicted octanol–water partition coefficient (Wildman–Crippen LogP) is 1.26. The van der Waals surface area contributed by atoms with Crippen molar-refractivity contribution in [1.82, 2.24) is 10.2 Å². The number of benzene rings is 1. The van der Waals surface area contributed by atoms with Gasteiger partial charge in [-0.3, -0.25) is 4.79 Å². The van der Waals surface area contributed by atoms with Crippen LogP contribution in [-0.2, 0) is 15.1 Å². The second kappa shape index (κ2) is 6.43. The SMILES string of the molecule is CO[C@](C)(C(=O)NC[C@@]1(O)CN2CCC1CC2)c1ccccc1F. The molecule has 0 spiro atoms. The number of nitrogens with one attached hydrogen (secondary N) is 1. The maximum absolute atomic E-state index is 14.1. The van der Waals surface area contributed by atoms with Crippen LogP contribution in [0.1, 0.15) is 25.3 Å². The van der Waals surface area contributed by atoms with Crippen molar-refractivity contribution in [2.24, 2.45) is 5.92 Å². The van der Waals surface area contributed by atoms with Crippen LogP contribution in [0, 0.1) is 11.7 Å². The number of aliphatic hydroxyl groups is 1. The third-order valence-electron chi connectivity index (χ3n) is 5.63. The molecule has 4 rings (SSSR count). The van der Waals surface area contributed by atoms with Crippen molar-refractivity contribution < 1.29 is 19.0 Å². The van der Waals surface area contributed by atoms with E-state index in [4.69, 9.17) is 4.74 Å². The van der Waals surface area contributed by atoms with Gasteiger partial charge in [-0.2, -0.15) is 0 Å². The topological polar surface area (TPSA) is 61.8 Å². The largest absolute Gasteiger partial charge is 0.386 e. The van der Waals surface area contributed by atoms with Crippen LogP contribution in [0.5, 0.6) is 0 Å². The first-order valence-corrected chi connectivity index (χ1v) is 8.42. The molecule has 0 aromatic heterocycles. The van der Waals surface area contributed by atoms with E-state index in [-0.39, 0.29) is 18.0 Å². The molecule has 1 amide bonds. The van der Waals surface area contributed by atoms with E-state index in [0.29, 0.717) is 6.54 Å². The van der Waals surface area contributed by atoms with Gasteiger partial charge < -0.3 is 20.1 Å². The van der Waals surface area contributed by atoms with Crippen molar-refractivity contribution in [3.63, 3.8) is 0 Å². The van der Waals surface area contributed by atoms with E-state index in [9.17, 15) is 14.3 Å². The molecule has 1 aromatic rings. The Labute approximate surface area is 141 Å². The summed E-state index contributed by atoms with van der Waals surface area (Å²) in [7, 11) is 1.38. The summed E-state index contributed by atoms with van der Waals surface area (Å²) >= 11 is 0. The van der Waals surface area contributed by atoms with Crippen molar-refractivity contribution in [3.05, 3.63) is 35.6 Å². The number of piperidine rings is 3. The van der Waals surface area contributed by atoms with Gasteiger partial charge in [-0.15, -0.1) is 0 Å². The van der Waals surface area contributed by atoms with Crippen LogP contribution >= 0.6 is 0 Å². The molecule has 3 aliphatic rings. The lowest BCUT2D eigenvalue weighted by Crippen LogP contribution is -2.64. The quantitative estimate of drug-likeness (QED) is 0.850. The first kappa shape index (κ1) is 17.3. The van der Waals surface area contributed by atoms with Gasteiger partial charge in [0.1, 0.15) is 5.82 Å². The summed E-state index contributed by atoms with van der Waals surface area (Å²) in [6, 6.07) is 6.09. The zero-order chi connectivity index (χ0) is 17.4. The van der Waals surface area contributed by atoms with Gasteiger partial charge in [0, 0.05) is 25.8 Å². The molecule has 0 radical (unpaired) electrons. The van der Waals surface area contributed by atoms with Crippen LogP contribution in [0.25, 0.3) is 0 Å². The van der Waals surface area contributed by atoms with Gasteiger partial charge in [-0.05, 0) is 44.8 Å². The van der Waals surface area contributed by atoms with Crippen LogP contribution in [0.15, 0.2) is 24.3 Å². The van der Waals surface area contributed by atoms with Crippen molar-refractivity contribution in [2.75, 3.05) is 33.3 Å². The standard InChI is InChI=1S/C18H25FN2O3/c1-17(24-2,14-5-3-4-6-15(14)19)16(22)20-11-18(23)12-21-9-7-13(18)8-10-21/h3-6,13,23H,7-12H2,1-2H3,(H,20,22)/t17-,18+/m0/s1. The average molecular weight is 336 g/mol. The highest BCUT2D eigenvalue weighted by Crippen LogP contribution is 2.35. The third-order valence-corrected chi connectivity index (χ3v) is 5.63. The Balaban J connectivity index is 1.72. The van der Waals surface area contributed by atoms with E-state index < -0.39 is 22.9 Å². The lowest BCUT2D eigenvalue weighted by molar-refractivity contribution is -0.148. The minimum absolute atomic E-state index is 0.153. The molecule has 0 unspecified atom stereocenters. The summed E-state index contributed by atoms with van der Waals surface area (Å²) in [6.07, 6.45) is 1.89. The fourth-order valence-electron chi connectivity index (χ4n) is 3.92. The molecule has 3 fully saturated rings. The number of fused-ring (bicyclic) bond motifs is 3. The molecule has 3 aliphatic heterocycles. The van der Waals surface area contributed by atoms with Gasteiger partial charge >= 0.3 is 0 Å². The van der Waals surface area contributed by atoms with Gasteiger partial charge in [0.05, 0.1) is 5.60 Å². The molecule has 132 valence electrons. The molecule has 3 saturated heterocycles. The number of hydrogen-bond acceptors (Lipinski definition) is 4. The van der Waals surface area contributed by atoms with Crippen molar-refractivity contribution >= 4 is 5.91 Å². The molecular formula is C18H25FN2O3. The maximum Gasteiger partial charge on any atom is 0.256 e. The summed E-state index contributed by atoms with van der Waals surface area (Å²) in [5.74, 6) is -0.733. The van der Waals surface area contributed by atoms with E-state index in [0.717, 1.165) is 25.9 Å². The zero-order valence-corrected chi connectivity index (χ0v) is 14.2. The smallest absolute Gasteiger partial charge is 0.256 e. The van der Waals surface area contributed by atoms with Gasteiger partial charge in [0.25, 0.3) is 5.91 Å². The highest BCUT2D eigenvalue weighted by Gasteiger charge is 2.46. The molecule has 2 N–H and O–H groups in total. The normalized spacial score (nSPS) is 31.5. The number of rotatable bonds is 5. The molecular weight excluding hydrogens is 311 g/mol. The van der Waals surface area contributed by atoms with E-state index in [1.807, 2.05) is 0 Å². The highest BCUT2D eigenvalue weighted by atomic mass is 19.1. The van der Waals surface area contributed by atoms with E-state index >= 15 is 0 Å². The summed E-state index contributed by atoms with van der Waals surface area (Å²) in [5, 5.41) is 13.7. The minimum atomic E-state index is -1.43. The zero-order valence-electron chi connectivity index (χ0n) is 14.2. The van der Waals surface area contributed by atoms with Crippen LogP contribution in [0.2, 0.25) is 0 Å². The lowest BCUT2D eigenvalue weighted by Gasteiger charge is -2.50. The van der Waals surface area contributed by atoms with Gasteiger partial charge in [0.2, 0.25) is 0 Å². The van der Waals surface area contributed by atoms with E-state index in [1.165, 1.54) is 13.2 Å². The molecule has 2 bridgehead atoms. The number of hydrogen-bond donors (Lipinski definition) is 2. The predicted molar refractivity (Wildman–Crippen MR) is 87.9 cm³/mol. The fraction of sp³-hybridized carbons (Fsp3) is 0.611. The van der Waals surface area contributed by atoms with Crippen LogP contribution in [0.4, 0.5) is 4.39 Å². The van der Waals surface area contributed by atoms with Crippen LogP contribution in [0.3, 0.4) is 0 Å². The first-order valence-electron chi connectivity index (χ1n) is 8.42. The van der Waals surface area contributed by atoms with Crippen molar-refractivity contribution in [2.45, 2.75) is 31.0 Å². The Bertz CT molecular complexity index is 618. The Morgan fingerprint density at radius 3 is 2.67 bits per heavy atom. The van der Waals surface area contributed by atoms with Crippen LogP contribution < -0.4 is 5.32 Å². The van der Waals surface area contributed by atoms with E-state index in [1.54, 1.807) is 25.1 Å². The Morgan fingerprint density at radius 2 is 2.12 bits per heavy atom. The number of methoxy groups -OCH3 is 1. The molecule has 1 aromatic carbocycles. The second-order valence-electron chi connectivity index (χ2n) is 7.05. The number of ether oxygens (including phenoxy) is 1. The van der Waals surface area contributed by atoms with Gasteiger partial charge in [-0.1, -0.05) is 18.2 Å². The first-order chi connectivity index (χ1) is 11.4. The summed E-state index contributed by atoms with van der Waals surface area (Å²) in [6.45, 7) is 4.28. The number of carbonyl (C=O) groups excluding carboxylic acids is 1. The Kier molecular flexibility index (Phi) is 4.64. The van der Waals surface area contributed by atoms with Gasteiger partial charge in [-0.25, -0.2) is 4.39 Å². The second-order valence-corrected chi connectivity index (χ2v) is 7.05. The summed E-state index contributed by atoms with van der Waals surface area (Å²) < 4.78 is 19.5. The Morgan fingerprint density at radius 1 is 1.46 bits per heavy atom. The maximum atomic E-state index is 14.1. The van der Waals surface area contributed by atoms with Crippen molar-refractivity contribution in [3.8, 4) is 0 Å². The summed E-state index contributed by atoms with van der Waals surface area (Å²) in [5.41, 5.74) is -2.17. The molecule has 3 heterocycles. The van der Waals surface area contributed by atoms with Crippen molar-refractivity contribution in [1.29, 1.82) is 0 Å². The lowest BCUT2D eigenvalue weighted by atomic mass is 9.75. The number of amides is 1. The molecule has 24 heavy (non-hydrogen) atoms. The van der Waals surface area contributed by atoms with E-state index in [2.05, 4.69) is 10.2 Å². The average Bonchev–Trinajstić information content (AvgIpc) is 2.60. The van der Waals surface area contributed by atoms with Gasteiger partial charge in [0.15, 0.2) is 5.60 Å². The highest BCUT2D eigenvalue weighted by molar-refractivity contribution is 5.86. The number of carbonyl (C=O) groups is 1. The monoisotopic (exact) mass is 336 g/mol. The fourth-order valence-corrected chi connectivity index (χ4v) is 3.92. The minimum Gasteiger partial charge on any atom is -0.386 e. The molecule has 0 aliphatic carbocycles. The molecule has 2 atom stereocenters. The molecule has 6 heteroatoms. The third kappa shape index (κ3) is 2.94. The molecule has 0 saturated carbocycles.